The fraction of sp³-hybridized carbons (Fsp3) is 0.250. The number of aryl methyl sites for hydroxylation is 9. The molecule has 4 aromatic carbocycles. The molecule has 0 amide bonds. The number of para-hydroxylation sites is 1. The summed E-state index contributed by atoms with van der Waals surface area (Å²) in [7, 11) is 0. The van der Waals surface area contributed by atoms with Gasteiger partial charge in [-0.15, -0.1) is 0 Å². The van der Waals surface area contributed by atoms with Crippen molar-refractivity contribution >= 4 is 23.1 Å². The van der Waals surface area contributed by atoms with E-state index in [4.69, 9.17) is 5.10 Å². The average Bonchev–Trinajstić information content (AvgIpc) is 3.26. The van der Waals surface area contributed by atoms with Crippen molar-refractivity contribution in [3.63, 3.8) is 0 Å². The second kappa shape index (κ2) is 10.4. The molecule has 0 spiro atoms. The van der Waals surface area contributed by atoms with Crippen molar-refractivity contribution < 1.29 is 0 Å². The summed E-state index contributed by atoms with van der Waals surface area (Å²) in [4.78, 5) is 0. The summed E-state index contributed by atoms with van der Waals surface area (Å²) < 4.78 is 2.16. The molecule has 0 aliphatic carbocycles. The Labute approximate surface area is 234 Å². The smallest absolute Gasteiger partial charge is 0.234 e. The maximum atomic E-state index is 5.11. The van der Waals surface area contributed by atoms with Crippen LogP contribution in [0.3, 0.4) is 0 Å². The molecule has 0 saturated heterocycles. The van der Waals surface area contributed by atoms with E-state index in [1.54, 1.807) is 0 Å². The van der Waals surface area contributed by atoms with Gasteiger partial charge in [-0.2, -0.15) is 5.10 Å². The Bertz CT molecular complexity index is 1560. The molecule has 0 radical (unpaired) electrons. The highest BCUT2D eigenvalue weighted by atomic mass is 15.3. The Kier molecular flexibility index (Phi) is 7.12. The van der Waals surface area contributed by atoms with Gasteiger partial charge in [0.2, 0.25) is 6.71 Å². The zero-order chi connectivity index (χ0) is 28.0. The summed E-state index contributed by atoms with van der Waals surface area (Å²) in [6, 6.07) is 24.5. The molecule has 0 N–H and O–H groups in total. The molecule has 3 heteroatoms. The third-order valence-corrected chi connectivity index (χ3v) is 8.08. The Morgan fingerprint density at radius 3 is 1.38 bits per heavy atom. The molecular formula is C36H39BN2. The summed E-state index contributed by atoms with van der Waals surface area (Å²) in [6.07, 6.45) is 2.13. The maximum Gasteiger partial charge on any atom is 0.247 e. The van der Waals surface area contributed by atoms with Crippen LogP contribution in [0.2, 0.25) is 0 Å². The first-order chi connectivity index (χ1) is 18.6. The predicted molar refractivity (Wildman–Crippen MR) is 169 cm³/mol. The Morgan fingerprint density at radius 2 is 0.949 bits per heavy atom. The largest absolute Gasteiger partial charge is 0.247 e. The number of nitrogens with zero attached hydrogens (tertiary/aromatic N) is 2. The SMILES string of the molecule is Cc1cc(C)c(B(c2cnn(-c3ccccc3)c2-c2c(C)cc(C)cc2C)c2c(C)cc(C)cc2C)c(C)c1. The molecule has 2 nitrogen and oxygen atoms in total. The molecule has 0 saturated carbocycles. The van der Waals surface area contributed by atoms with E-state index in [0.29, 0.717) is 0 Å². The van der Waals surface area contributed by atoms with Gasteiger partial charge >= 0.3 is 0 Å². The van der Waals surface area contributed by atoms with Crippen LogP contribution in [0.5, 0.6) is 0 Å². The van der Waals surface area contributed by atoms with E-state index in [1.807, 2.05) is 0 Å². The normalized spacial score (nSPS) is 11.2. The van der Waals surface area contributed by atoms with Crippen LogP contribution in [-0.4, -0.2) is 16.5 Å². The van der Waals surface area contributed by atoms with Gasteiger partial charge in [0.1, 0.15) is 0 Å². The second-order valence-electron chi connectivity index (χ2n) is 11.5. The fourth-order valence-electron chi connectivity index (χ4n) is 6.89. The fourth-order valence-corrected chi connectivity index (χ4v) is 6.89. The lowest BCUT2D eigenvalue weighted by Gasteiger charge is -2.25. The summed E-state index contributed by atoms with van der Waals surface area (Å²) in [5.41, 5.74) is 19.3. The van der Waals surface area contributed by atoms with Crippen molar-refractivity contribution in [3.05, 3.63) is 123 Å². The molecule has 196 valence electrons. The van der Waals surface area contributed by atoms with E-state index in [9.17, 15) is 0 Å². The van der Waals surface area contributed by atoms with Crippen LogP contribution in [0, 0.1) is 62.3 Å². The van der Waals surface area contributed by atoms with E-state index >= 15 is 0 Å². The highest BCUT2D eigenvalue weighted by Crippen LogP contribution is 2.30. The van der Waals surface area contributed by atoms with Crippen LogP contribution in [0.1, 0.15) is 50.1 Å². The van der Waals surface area contributed by atoms with Crippen LogP contribution in [-0.2, 0) is 0 Å². The molecule has 39 heavy (non-hydrogen) atoms. The summed E-state index contributed by atoms with van der Waals surface area (Å²) in [6.45, 7) is 20.2. The van der Waals surface area contributed by atoms with Crippen LogP contribution in [0.4, 0.5) is 0 Å². The first-order valence-electron chi connectivity index (χ1n) is 13.9. The highest BCUT2D eigenvalue weighted by Gasteiger charge is 2.33. The summed E-state index contributed by atoms with van der Waals surface area (Å²) >= 11 is 0. The third kappa shape index (κ3) is 4.87. The van der Waals surface area contributed by atoms with E-state index in [1.165, 1.54) is 77.7 Å². The summed E-state index contributed by atoms with van der Waals surface area (Å²) in [5, 5.41) is 5.11. The Balaban J connectivity index is 1.94. The molecular weight excluding hydrogens is 471 g/mol. The first-order valence-corrected chi connectivity index (χ1v) is 13.9. The molecule has 5 aromatic rings. The molecule has 0 atom stereocenters. The summed E-state index contributed by atoms with van der Waals surface area (Å²) in [5.74, 6) is 0. The van der Waals surface area contributed by atoms with Crippen molar-refractivity contribution in [1.29, 1.82) is 0 Å². The molecule has 0 fully saturated rings. The first kappa shape index (κ1) is 26.7. The number of hydrogen-bond acceptors (Lipinski definition) is 1. The van der Waals surface area contributed by atoms with Gasteiger partial charge in [0.15, 0.2) is 0 Å². The average molecular weight is 511 g/mol. The standard InChI is InChI=1S/C36H39BN2/c1-22-15-25(4)33(26(5)16-22)36-32(21-38-39(36)31-13-11-10-12-14-31)37(34-27(6)17-23(2)18-28(34)7)35-29(8)19-24(3)20-30(35)9/h10-21H,1-9H3. The molecule has 0 aliphatic rings. The van der Waals surface area contributed by atoms with Gasteiger partial charge in [0.05, 0.1) is 11.4 Å². The van der Waals surface area contributed by atoms with E-state index < -0.39 is 0 Å². The number of aromatic nitrogens is 2. The number of rotatable bonds is 5. The molecule has 1 aromatic heterocycles. The van der Waals surface area contributed by atoms with E-state index in [2.05, 4.69) is 140 Å². The Morgan fingerprint density at radius 1 is 0.538 bits per heavy atom. The van der Waals surface area contributed by atoms with Crippen LogP contribution in [0.25, 0.3) is 16.9 Å². The highest BCUT2D eigenvalue weighted by molar-refractivity contribution is 6.97. The van der Waals surface area contributed by atoms with Crippen molar-refractivity contribution in [2.45, 2.75) is 62.3 Å². The van der Waals surface area contributed by atoms with Crippen LogP contribution < -0.4 is 16.4 Å². The molecule has 0 aliphatic heterocycles. The topological polar surface area (TPSA) is 17.8 Å². The third-order valence-electron chi connectivity index (χ3n) is 8.08. The van der Waals surface area contributed by atoms with Crippen molar-refractivity contribution in [3.8, 4) is 16.9 Å². The minimum atomic E-state index is 0.0544. The lowest BCUT2D eigenvalue weighted by molar-refractivity contribution is 0.886. The van der Waals surface area contributed by atoms with Crippen molar-refractivity contribution in [2.75, 3.05) is 0 Å². The lowest BCUT2D eigenvalue weighted by atomic mass is 9.34. The minimum absolute atomic E-state index is 0.0544. The predicted octanol–water partition coefficient (Wildman–Crippen LogP) is 6.83. The Hall–Kier alpha value is -3.85. The van der Waals surface area contributed by atoms with Gasteiger partial charge < -0.3 is 0 Å². The van der Waals surface area contributed by atoms with Gasteiger partial charge in [-0.25, -0.2) is 4.68 Å². The molecule has 1 heterocycles. The zero-order valence-electron chi connectivity index (χ0n) is 24.9. The molecule has 5 rings (SSSR count). The zero-order valence-corrected chi connectivity index (χ0v) is 24.9. The van der Waals surface area contributed by atoms with Gasteiger partial charge in [0.25, 0.3) is 0 Å². The minimum Gasteiger partial charge on any atom is -0.234 e. The quantitative estimate of drug-likeness (QED) is 0.237. The molecule has 0 unspecified atom stereocenters. The van der Waals surface area contributed by atoms with Crippen molar-refractivity contribution in [2.24, 2.45) is 0 Å². The second-order valence-corrected chi connectivity index (χ2v) is 11.5. The van der Waals surface area contributed by atoms with Gasteiger partial charge in [-0.3, -0.25) is 0 Å². The number of benzene rings is 4. The monoisotopic (exact) mass is 510 g/mol. The number of hydrogen-bond donors (Lipinski definition) is 0. The van der Waals surface area contributed by atoms with Gasteiger partial charge in [-0.1, -0.05) is 104 Å². The van der Waals surface area contributed by atoms with Crippen LogP contribution in [0.15, 0.2) is 72.9 Å². The van der Waals surface area contributed by atoms with Crippen molar-refractivity contribution in [1.82, 2.24) is 9.78 Å². The lowest BCUT2D eigenvalue weighted by Crippen LogP contribution is -2.56. The molecule has 0 bridgehead atoms. The van der Waals surface area contributed by atoms with E-state index in [-0.39, 0.29) is 6.71 Å². The maximum absolute atomic E-state index is 5.11. The van der Waals surface area contributed by atoms with Gasteiger partial charge in [0, 0.05) is 11.8 Å². The van der Waals surface area contributed by atoms with Crippen LogP contribution >= 0.6 is 0 Å². The van der Waals surface area contributed by atoms with Gasteiger partial charge in [-0.05, 0) is 91.0 Å². The van der Waals surface area contributed by atoms with E-state index in [0.717, 1.165) is 5.69 Å².